The summed E-state index contributed by atoms with van der Waals surface area (Å²) in [5.74, 6) is 2.04. The van der Waals surface area contributed by atoms with E-state index in [-0.39, 0.29) is 0 Å². The van der Waals surface area contributed by atoms with Gasteiger partial charge in [-0.25, -0.2) is 4.98 Å². The highest BCUT2D eigenvalue weighted by molar-refractivity contribution is 7.10. The Hall–Kier alpha value is -1.59. The fourth-order valence-corrected chi connectivity index (χ4v) is 2.98. The van der Waals surface area contributed by atoms with Gasteiger partial charge < -0.3 is 14.8 Å². The number of ether oxygens (including phenoxy) is 2. The number of nitrogens with one attached hydrogen (secondary N) is 1. The van der Waals surface area contributed by atoms with E-state index in [9.17, 15) is 0 Å². The molecule has 100 valence electrons. The number of fused-ring (bicyclic) bond motifs is 1. The monoisotopic (exact) mass is 276 g/mol. The third-order valence-electron chi connectivity index (χ3n) is 3.12. The summed E-state index contributed by atoms with van der Waals surface area (Å²) in [4.78, 5) is 4.71. The number of aromatic nitrogens is 1. The van der Waals surface area contributed by atoms with Gasteiger partial charge in [-0.15, -0.1) is 11.3 Å². The fourth-order valence-electron chi connectivity index (χ4n) is 2.10. The van der Waals surface area contributed by atoms with Crippen LogP contribution in [0.3, 0.4) is 0 Å². The Morgan fingerprint density at radius 3 is 3.05 bits per heavy atom. The lowest BCUT2D eigenvalue weighted by Crippen LogP contribution is -2.14. The van der Waals surface area contributed by atoms with Crippen molar-refractivity contribution < 1.29 is 9.47 Å². The standard InChI is InChI=1S/C14H16N2O2S/c1-9(6-15-2)14-16-11(7-19-14)10-3-4-12-13(5-10)18-8-17-12/h3-5,7,9,15H,6,8H2,1-2H3. The molecule has 3 rings (SSSR count). The normalized spacial score (nSPS) is 14.6. The smallest absolute Gasteiger partial charge is 0.231 e. The Labute approximate surface area is 116 Å². The van der Waals surface area contributed by atoms with Crippen molar-refractivity contribution in [2.75, 3.05) is 20.4 Å². The minimum Gasteiger partial charge on any atom is -0.454 e. The Morgan fingerprint density at radius 2 is 2.21 bits per heavy atom. The first-order valence-corrected chi connectivity index (χ1v) is 7.16. The molecule has 2 aromatic rings. The van der Waals surface area contributed by atoms with Gasteiger partial charge in [0.2, 0.25) is 6.79 Å². The second kappa shape index (κ2) is 5.19. The summed E-state index contributed by atoms with van der Waals surface area (Å²) in [5.41, 5.74) is 2.07. The maximum absolute atomic E-state index is 5.40. The quantitative estimate of drug-likeness (QED) is 0.932. The lowest BCUT2D eigenvalue weighted by atomic mass is 10.1. The predicted molar refractivity (Wildman–Crippen MR) is 76.0 cm³/mol. The van der Waals surface area contributed by atoms with Gasteiger partial charge in [0.25, 0.3) is 0 Å². The van der Waals surface area contributed by atoms with E-state index in [1.165, 1.54) is 0 Å². The van der Waals surface area contributed by atoms with Crippen LogP contribution in [0.1, 0.15) is 17.8 Å². The lowest BCUT2D eigenvalue weighted by Gasteiger charge is -2.06. The maximum atomic E-state index is 5.40. The third-order valence-corrected chi connectivity index (χ3v) is 4.20. The van der Waals surface area contributed by atoms with Gasteiger partial charge in [-0.05, 0) is 25.2 Å². The first kappa shape index (κ1) is 12.4. The number of nitrogens with zero attached hydrogens (tertiary/aromatic N) is 1. The van der Waals surface area contributed by atoms with E-state index in [0.717, 1.165) is 34.3 Å². The first-order chi connectivity index (χ1) is 9.28. The fraction of sp³-hybridized carbons (Fsp3) is 0.357. The Morgan fingerprint density at radius 1 is 1.37 bits per heavy atom. The van der Waals surface area contributed by atoms with Crippen LogP contribution in [0.5, 0.6) is 11.5 Å². The molecule has 1 N–H and O–H groups in total. The van der Waals surface area contributed by atoms with E-state index in [1.54, 1.807) is 11.3 Å². The zero-order valence-electron chi connectivity index (χ0n) is 11.0. The molecule has 0 saturated carbocycles. The highest BCUT2D eigenvalue weighted by atomic mass is 32.1. The number of hydrogen-bond donors (Lipinski definition) is 1. The first-order valence-electron chi connectivity index (χ1n) is 6.28. The van der Waals surface area contributed by atoms with Gasteiger partial charge in [0, 0.05) is 23.4 Å². The van der Waals surface area contributed by atoms with Crippen LogP contribution < -0.4 is 14.8 Å². The molecule has 1 unspecified atom stereocenters. The summed E-state index contributed by atoms with van der Waals surface area (Å²) < 4.78 is 10.7. The van der Waals surface area contributed by atoms with Gasteiger partial charge in [0.05, 0.1) is 10.7 Å². The van der Waals surface area contributed by atoms with Crippen LogP contribution in [0.15, 0.2) is 23.6 Å². The molecule has 0 radical (unpaired) electrons. The van der Waals surface area contributed by atoms with Crippen molar-refractivity contribution in [1.82, 2.24) is 10.3 Å². The van der Waals surface area contributed by atoms with Crippen LogP contribution in [0.25, 0.3) is 11.3 Å². The third kappa shape index (κ3) is 2.43. The van der Waals surface area contributed by atoms with Gasteiger partial charge in [-0.2, -0.15) is 0 Å². The van der Waals surface area contributed by atoms with E-state index >= 15 is 0 Å². The molecule has 4 nitrogen and oxygen atoms in total. The Bertz CT molecular complexity index is 583. The second-order valence-electron chi connectivity index (χ2n) is 4.60. The molecule has 0 aliphatic carbocycles. The summed E-state index contributed by atoms with van der Waals surface area (Å²) >= 11 is 1.70. The Balaban J connectivity index is 1.86. The van der Waals surface area contributed by atoms with Crippen molar-refractivity contribution in [3.05, 3.63) is 28.6 Å². The van der Waals surface area contributed by atoms with Crippen LogP contribution in [0.2, 0.25) is 0 Å². The molecule has 0 amide bonds. The molecule has 1 aliphatic rings. The Kier molecular flexibility index (Phi) is 3.40. The highest BCUT2D eigenvalue weighted by Crippen LogP contribution is 2.36. The van der Waals surface area contributed by atoms with Crippen molar-refractivity contribution in [3.63, 3.8) is 0 Å². The molecule has 0 bridgehead atoms. The largest absolute Gasteiger partial charge is 0.454 e. The molecule has 0 saturated heterocycles. The number of hydrogen-bond acceptors (Lipinski definition) is 5. The lowest BCUT2D eigenvalue weighted by molar-refractivity contribution is 0.174. The van der Waals surface area contributed by atoms with E-state index in [2.05, 4.69) is 17.6 Å². The molecule has 1 aromatic heterocycles. The van der Waals surface area contributed by atoms with Gasteiger partial charge in [-0.1, -0.05) is 6.92 Å². The number of benzene rings is 1. The van der Waals surface area contributed by atoms with Gasteiger partial charge in [-0.3, -0.25) is 0 Å². The summed E-state index contributed by atoms with van der Waals surface area (Å²) in [6, 6.07) is 5.95. The number of thiazole rings is 1. The molecule has 0 fully saturated rings. The predicted octanol–water partition coefficient (Wildman–Crippen LogP) is 2.86. The second-order valence-corrected chi connectivity index (χ2v) is 5.49. The summed E-state index contributed by atoms with van der Waals surface area (Å²) in [6.45, 7) is 3.42. The van der Waals surface area contributed by atoms with Crippen LogP contribution in [-0.2, 0) is 0 Å². The van der Waals surface area contributed by atoms with Gasteiger partial charge in [0.15, 0.2) is 11.5 Å². The molecule has 2 heterocycles. The number of likely N-dealkylation sites (N-methyl/N-ethyl adjacent to an activating group) is 1. The summed E-state index contributed by atoms with van der Waals surface area (Å²) in [5, 5.41) is 6.43. The average Bonchev–Trinajstić information content (AvgIpc) is 3.07. The summed E-state index contributed by atoms with van der Waals surface area (Å²) in [7, 11) is 1.96. The van der Waals surface area contributed by atoms with E-state index in [0.29, 0.717) is 12.7 Å². The van der Waals surface area contributed by atoms with Crippen LogP contribution in [0, 0.1) is 0 Å². The minimum atomic E-state index is 0.306. The van der Waals surface area contributed by atoms with Crippen molar-refractivity contribution in [1.29, 1.82) is 0 Å². The van der Waals surface area contributed by atoms with Crippen molar-refractivity contribution in [3.8, 4) is 22.8 Å². The number of rotatable bonds is 4. The SMILES string of the molecule is CNCC(C)c1nc(-c2ccc3c(c2)OCO3)cs1. The molecule has 1 aromatic carbocycles. The topological polar surface area (TPSA) is 43.4 Å². The van der Waals surface area contributed by atoms with Crippen molar-refractivity contribution in [2.24, 2.45) is 0 Å². The molecular formula is C14H16N2O2S. The van der Waals surface area contributed by atoms with Gasteiger partial charge >= 0.3 is 0 Å². The van der Waals surface area contributed by atoms with Crippen LogP contribution in [0.4, 0.5) is 0 Å². The zero-order chi connectivity index (χ0) is 13.2. The van der Waals surface area contributed by atoms with Crippen molar-refractivity contribution in [2.45, 2.75) is 12.8 Å². The van der Waals surface area contributed by atoms with Crippen molar-refractivity contribution >= 4 is 11.3 Å². The maximum Gasteiger partial charge on any atom is 0.231 e. The highest BCUT2D eigenvalue weighted by Gasteiger charge is 2.16. The van der Waals surface area contributed by atoms with Crippen LogP contribution in [-0.4, -0.2) is 25.4 Å². The van der Waals surface area contributed by atoms with E-state index < -0.39 is 0 Å². The minimum absolute atomic E-state index is 0.306. The molecule has 5 heteroatoms. The molecule has 19 heavy (non-hydrogen) atoms. The zero-order valence-corrected chi connectivity index (χ0v) is 11.8. The van der Waals surface area contributed by atoms with E-state index in [4.69, 9.17) is 14.5 Å². The molecule has 0 spiro atoms. The molecule has 1 atom stereocenters. The molecule has 1 aliphatic heterocycles. The van der Waals surface area contributed by atoms with Crippen LogP contribution >= 0.6 is 11.3 Å². The summed E-state index contributed by atoms with van der Waals surface area (Å²) in [6.07, 6.45) is 0. The molecular weight excluding hydrogens is 260 g/mol. The van der Waals surface area contributed by atoms with E-state index in [1.807, 2.05) is 25.2 Å². The van der Waals surface area contributed by atoms with Gasteiger partial charge in [0.1, 0.15) is 0 Å². The average molecular weight is 276 g/mol.